The van der Waals surface area contributed by atoms with Gasteiger partial charge in [-0.15, -0.1) is 0 Å². The third-order valence-electron chi connectivity index (χ3n) is 5.88. The van der Waals surface area contributed by atoms with Gasteiger partial charge in [0.2, 0.25) is 0 Å². The van der Waals surface area contributed by atoms with Gasteiger partial charge in [0.1, 0.15) is 18.2 Å². The van der Waals surface area contributed by atoms with Crippen molar-refractivity contribution in [1.82, 2.24) is 0 Å². The van der Waals surface area contributed by atoms with Crippen LogP contribution in [0.15, 0.2) is 18.2 Å². The molecule has 0 aliphatic heterocycles. The number of carbonyl (C=O) groups excluding carboxylic acids is 1. The summed E-state index contributed by atoms with van der Waals surface area (Å²) in [5.74, 6) is 2.43. The lowest BCUT2D eigenvalue weighted by Gasteiger charge is -2.55. The van der Waals surface area contributed by atoms with E-state index in [0.717, 1.165) is 37.0 Å². The van der Waals surface area contributed by atoms with E-state index in [1.807, 2.05) is 0 Å². The Morgan fingerprint density at radius 3 is 2.32 bits per heavy atom. The minimum absolute atomic E-state index is 0.0531. The van der Waals surface area contributed by atoms with Crippen LogP contribution in [0.3, 0.4) is 0 Å². The van der Waals surface area contributed by atoms with E-state index in [4.69, 9.17) is 16.3 Å². The number of hydrogen-bond donors (Lipinski definition) is 0. The first kappa shape index (κ1) is 14.5. The molecule has 0 atom stereocenters. The summed E-state index contributed by atoms with van der Waals surface area (Å²) in [5, 5.41) is 0.221. The molecule has 4 fully saturated rings. The molecule has 4 saturated carbocycles. The fraction of sp³-hybridized carbons (Fsp3) is 0.611. The number of Topliss-reactive ketones (excluding diaryl/α,β-unsaturated/α-hetero) is 1. The van der Waals surface area contributed by atoms with E-state index >= 15 is 0 Å². The van der Waals surface area contributed by atoms with E-state index in [1.54, 1.807) is 0 Å². The zero-order chi connectivity index (χ0) is 15.3. The maximum absolute atomic E-state index is 13.0. The van der Waals surface area contributed by atoms with Gasteiger partial charge in [-0.2, -0.15) is 0 Å². The molecular weight excluding hydrogens is 303 g/mol. The normalized spacial score (nSPS) is 35.6. The van der Waals surface area contributed by atoms with Crippen LogP contribution < -0.4 is 4.74 Å². The summed E-state index contributed by atoms with van der Waals surface area (Å²) in [5.41, 5.74) is -0.152. The third kappa shape index (κ3) is 2.44. The smallest absolute Gasteiger partial charge is 0.176 e. The Hall–Kier alpha value is -1.09. The standard InChI is InChI=1S/C18H20ClFO2/c19-15-6-14(20)1-2-16(15)22-10-17(21)18-7-11-3-12(8-18)5-13(4-11)9-18/h1-2,6,11-13H,3-5,7-10H2. The Morgan fingerprint density at radius 1 is 1.18 bits per heavy atom. The van der Waals surface area contributed by atoms with Gasteiger partial charge in [-0.05, 0) is 74.5 Å². The van der Waals surface area contributed by atoms with E-state index in [2.05, 4.69) is 0 Å². The maximum Gasteiger partial charge on any atom is 0.176 e. The lowest BCUT2D eigenvalue weighted by Crippen LogP contribution is -2.51. The highest BCUT2D eigenvalue weighted by Gasteiger charge is 2.54. The minimum Gasteiger partial charge on any atom is -0.484 e. The molecule has 0 heterocycles. The molecule has 1 aromatic carbocycles. The highest BCUT2D eigenvalue weighted by Crippen LogP contribution is 2.60. The van der Waals surface area contributed by atoms with Crippen molar-refractivity contribution < 1.29 is 13.9 Å². The highest BCUT2D eigenvalue weighted by atomic mass is 35.5. The molecule has 0 spiro atoms. The molecule has 0 unspecified atom stereocenters. The average Bonchev–Trinajstić information content (AvgIpc) is 2.44. The molecule has 0 aromatic heterocycles. The first-order chi connectivity index (χ1) is 10.5. The molecule has 4 bridgehead atoms. The Bertz CT molecular complexity index is 578. The number of ketones is 1. The molecule has 0 saturated heterocycles. The second kappa shape index (κ2) is 5.23. The van der Waals surface area contributed by atoms with Gasteiger partial charge in [-0.3, -0.25) is 4.79 Å². The molecular formula is C18H20ClFO2. The van der Waals surface area contributed by atoms with Crippen molar-refractivity contribution in [2.75, 3.05) is 6.61 Å². The van der Waals surface area contributed by atoms with Crippen LogP contribution in [0.5, 0.6) is 5.75 Å². The fourth-order valence-corrected chi connectivity index (χ4v) is 5.56. The van der Waals surface area contributed by atoms with E-state index < -0.39 is 5.82 Å². The fourth-order valence-electron chi connectivity index (χ4n) is 5.34. The highest BCUT2D eigenvalue weighted by molar-refractivity contribution is 6.32. The minimum atomic E-state index is -0.398. The first-order valence-electron chi connectivity index (χ1n) is 8.15. The summed E-state index contributed by atoms with van der Waals surface area (Å²) in [6.45, 7) is 0.0531. The predicted octanol–water partition coefficient (Wildman–Crippen LogP) is 4.64. The van der Waals surface area contributed by atoms with E-state index in [0.29, 0.717) is 5.75 Å². The van der Waals surface area contributed by atoms with Crippen LogP contribution in [0.25, 0.3) is 0 Å². The van der Waals surface area contributed by atoms with Gasteiger partial charge in [0.15, 0.2) is 5.78 Å². The second-order valence-corrected chi connectivity index (χ2v) is 7.89. The summed E-state index contributed by atoms with van der Waals surface area (Å²) in [7, 11) is 0. The molecule has 4 aliphatic rings. The quantitative estimate of drug-likeness (QED) is 0.807. The van der Waals surface area contributed by atoms with Crippen molar-refractivity contribution in [3.8, 4) is 5.75 Å². The summed E-state index contributed by atoms with van der Waals surface area (Å²) < 4.78 is 18.6. The molecule has 2 nitrogen and oxygen atoms in total. The Balaban J connectivity index is 1.46. The van der Waals surface area contributed by atoms with Crippen LogP contribution in [0, 0.1) is 29.0 Å². The lowest BCUT2D eigenvalue weighted by atomic mass is 9.48. The van der Waals surface area contributed by atoms with Gasteiger partial charge in [0.25, 0.3) is 0 Å². The molecule has 0 radical (unpaired) electrons. The van der Waals surface area contributed by atoms with Crippen molar-refractivity contribution in [2.24, 2.45) is 23.2 Å². The Kier molecular flexibility index (Phi) is 3.44. The molecule has 0 amide bonds. The van der Waals surface area contributed by atoms with Gasteiger partial charge in [-0.1, -0.05) is 11.6 Å². The molecule has 5 rings (SSSR count). The summed E-state index contributed by atoms with van der Waals surface area (Å²) in [4.78, 5) is 12.8. The van der Waals surface area contributed by atoms with Crippen LogP contribution in [-0.2, 0) is 4.79 Å². The summed E-state index contributed by atoms with van der Waals surface area (Å²) >= 11 is 5.96. The van der Waals surface area contributed by atoms with Gasteiger partial charge in [0, 0.05) is 5.41 Å². The number of halogens is 2. The number of benzene rings is 1. The van der Waals surface area contributed by atoms with E-state index in [1.165, 1.54) is 37.5 Å². The summed E-state index contributed by atoms with van der Waals surface area (Å²) in [6, 6.07) is 4.01. The van der Waals surface area contributed by atoms with Crippen molar-refractivity contribution >= 4 is 17.4 Å². The van der Waals surface area contributed by atoms with Crippen LogP contribution >= 0.6 is 11.6 Å². The Morgan fingerprint density at radius 2 is 1.77 bits per heavy atom. The molecule has 1 aromatic rings. The van der Waals surface area contributed by atoms with E-state index in [-0.39, 0.29) is 22.8 Å². The Labute approximate surface area is 135 Å². The topological polar surface area (TPSA) is 26.3 Å². The predicted molar refractivity (Wildman–Crippen MR) is 82.5 cm³/mol. The van der Waals surface area contributed by atoms with Gasteiger partial charge >= 0.3 is 0 Å². The van der Waals surface area contributed by atoms with Crippen molar-refractivity contribution in [3.63, 3.8) is 0 Å². The van der Waals surface area contributed by atoms with Crippen molar-refractivity contribution in [3.05, 3.63) is 29.0 Å². The van der Waals surface area contributed by atoms with Crippen LogP contribution in [-0.4, -0.2) is 12.4 Å². The van der Waals surface area contributed by atoms with Gasteiger partial charge in [-0.25, -0.2) is 4.39 Å². The SMILES string of the molecule is O=C(COc1ccc(F)cc1Cl)C12CC3CC(CC(C3)C1)C2. The third-order valence-corrected chi connectivity index (χ3v) is 6.18. The lowest BCUT2D eigenvalue weighted by molar-refractivity contribution is -0.145. The number of carbonyl (C=O) groups is 1. The molecule has 22 heavy (non-hydrogen) atoms. The zero-order valence-electron chi connectivity index (χ0n) is 12.5. The van der Waals surface area contributed by atoms with Crippen LogP contribution in [0.4, 0.5) is 4.39 Å². The summed E-state index contributed by atoms with van der Waals surface area (Å²) in [6.07, 6.45) is 7.07. The molecule has 4 heteroatoms. The number of ether oxygens (including phenoxy) is 1. The maximum atomic E-state index is 13.0. The monoisotopic (exact) mass is 322 g/mol. The van der Waals surface area contributed by atoms with Crippen molar-refractivity contribution in [2.45, 2.75) is 38.5 Å². The van der Waals surface area contributed by atoms with Crippen molar-refractivity contribution in [1.29, 1.82) is 0 Å². The zero-order valence-corrected chi connectivity index (χ0v) is 13.2. The van der Waals surface area contributed by atoms with Gasteiger partial charge in [0.05, 0.1) is 5.02 Å². The average molecular weight is 323 g/mol. The largest absolute Gasteiger partial charge is 0.484 e. The number of rotatable bonds is 4. The molecule has 0 N–H and O–H groups in total. The number of hydrogen-bond acceptors (Lipinski definition) is 2. The van der Waals surface area contributed by atoms with E-state index in [9.17, 15) is 9.18 Å². The molecule has 118 valence electrons. The molecule has 4 aliphatic carbocycles. The first-order valence-corrected chi connectivity index (χ1v) is 8.53. The second-order valence-electron chi connectivity index (χ2n) is 7.48. The van der Waals surface area contributed by atoms with Crippen LogP contribution in [0.2, 0.25) is 5.02 Å². The van der Waals surface area contributed by atoms with Gasteiger partial charge < -0.3 is 4.74 Å². The van der Waals surface area contributed by atoms with Crippen LogP contribution in [0.1, 0.15) is 38.5 Å².